The molecule has 164 valence electrons. The summed E-state index contributed by atoms with van der Waals surface area (Å²) in [4.78, 5) is 27.8. The number of carbonyl (C=O) groups is 2. The number of nitrogens with zero attached hydrogens (tertiary/aromatic N) is 1. The van der Waals surface area contributed by atoms with Crippen LogP contribution < -0.4 is 5.73 Å². The molecule has 4 nitrogen and oxygen atoms in total. The largest absolute Gasteiger partial charge is 0.369 e. The van der Waals surface area contributed by atoms with Crippen LogP contribution in [0.1, 0.15) is 67.3 Å². The molecule has 1 heterocycles. The highest BCUT2D eigenvalue weighted by atomic mass is 16.1. The van der Waals surface area contributed by atoms with Gasteiger partial charge in [0.25, 0.3) is 0 Å². The molecule has 1 saturated carbocycles. The summed E-state index contributed by atoms with van der Waals surface area (Å²) >= 11 is 0. The normalized spacial score (nSPS) is 25.6. The van der Waals surface area contributed by atoms with Crippen LogP contribution in [0.15, 0.2) is 60.7 Å². The van der Waals surface area contributed by atoms with E-state index in [-0.39, 0.29) is 35.5 Å². The van der Waals surface area contributed by atoms with Gasteiger partial charge in [0.05, 0.1) is 0 Å². The summed E-state index contributed by atoms with van der Waals surface area (Å²) in [6.45, 7) is 2.29. The van der Waals surface area contributed by atoms with Gasteiger partial charge in [0.2, 0.25) is 5.91 Å². The zero-order chi connectivity index (χ0) is 21.7. The summed E-state index contributed by atoms with van der Waals surface area (Å²) in [5.74, 6) is -0.533. The van der Waals surface area contributed by atoms with Crippen molar-refractivity contribution in [2.24, 2.45) is 17.6 Å². The van der Waals surface area contributed by atoms with Gasteiger partial charge >= 0.3 is 0 Å². The number of nitrogens with two attached hydrogens (primary N) is 1. The topological polar surface area (TPSA) is 63.4 Å². The molecule has 1 aliphatic carbocycles. The molecular formula is C27H34N2O2. The van der Waals surface area contributed by atoms with Crippen molar-refractivity contribution in [3.05, 3.63) is 71.8 Å². The van der Waals surface area contributed by atoms with E-state index in [4.69, 9.17) is 5.73 Å². The second-order valence-electron chi connectivity index (χ2n) is 9.28. The van der Waals surface area contributed by atoms with Gasteiger partial charge in [-0.05, 0) is 63.1 Å². The first-order valence-electron chi connectivity index (χ1n) is 11.8. The fourth-order valence-corrected chi connectivity index (χ4v) is 5.82. The molecule has 31 heavy (non-hydrogen) atoms. The number of piperidine rings is 1. The minimum atomic E-state index is -0.386. The Morgan fingerprint density at radius 2 is 1.48 bits per heavy atom. The Labute approximate surface area is 185 Å². The molecule has 1 atom stereocenters. The zero-order valence-electron chi connectivity index (χ0n) is 18.3. The van der Waals surface area contributed by atoms with Crippen LogP contribution >= 0.6 is 0 Å². The van der Waals surface area contributed by atoms with Crippen LogP contribution in [0.4, 0.5) is 0 Å². The average molecular weight is 419 g/mol. The summed E-state index contributed by atoms with van der Waals surface area (Å²) in [5.41, 5.74) is 7.92. The van der Waals surface area contributed by atoms with E-state index >= 15 is 0 Å². The number of Topliss-reactive ketones (excluding diaryl/α,β-unsaturated/α-hetero) is 1. The van der Waals surface area contributed by atoms with Gasteiger partial charge in [-0.3, -0.25) is 14.5 Å². The summed E-state index contributed by atoms with van der Waals surface area (Å²) in [7, 11) is 0. The molecule has 2 fully saturated rings. The minimum absolute atomic E-state index is 0.0142. The predicted molar refractivity (Wildman–Crippen MR) is 124 cm³/mol. The van der Waals surface area contributed by atoms with Gasteiger partial charge in [0.1, 0.15) is 0 Å². The van der Waals surface area contributed by atoms with Gasteiger partial charge in [0.15, 0.2) is 5.78 Å². The lowest BCUT2D eigenvalue weighted by Gasteiger charge is -2.50. The first-order valence-corrected chi connectivity index (χ1v) is 11.8. The second kappa shape index (κ2) is 9.78. The lowest BCUT2D eigenvalue weighted by atomic mass is 9.67. The highest BCUT2D eigenvalue weighted by Gasteiger charge is 2.44. The Hall–Kier alpha value is -2.46. The van der Waals surface area contributed by atoms with Crippen LogP contribution in [-0.4, -0.2) is 29.7 Å². The van der Waals surface area contributed by atoms with Crippen molar-refractivity contribution < 1.29 is 9.59 Å². The molecule has 0 radical (unpaired) electrons. The fourth-order valence-electron chi connectivity index (χ4n) is 5.82. The van der Waals surface area contributed by atoms with E-state index in [2.05, 4.69) is 35.2 Å². The van der Waals surface area contributed by atoms with E-state index in [1.807, 2.05) is 30.3 Å². The minimum Gasteiger partial charge on any atom is -0.369 e. The number of benzene rings is 2. The Balaban J connectivity index is 1.51. The molecule has 0 bridgehead atoms. The lowest BCUT2D eigenvalue weighted by molar-refractivity contribution is -0.124. The standard InChI is InChI=1S/C27H34N2O2/c28-26(31)24(20-25(30)22-10-4-1-5-11-22)21-14-16-27(17-15-21,23-12-6-2-7-13-23)29-18-8-3-9-19-29/h1-2,4-7,10-13,21,24H,3,8-9,14-20H2,(H2,28,31). The molecule has 2 aromatic rings. The van der Waals surface area contributed by atoms with Crippen LogP contribution in [0, 0.1) is 11.8 Å². The second-order valence-corrected chi connectivity index (χ2v) is 9.28. The first-order chi connectivity index (χ1) is 15.1. The number of hydrogen-bond acceptors (Lipinski definition) is 3. The summed E-state index contributed by atoms with van der Waals surface area (Å²) in [6.07, 6.45) is 7.94. The Bertz CT molecular complexity index is 867. The molecule has 1 saturated heterocycles. The van der Waals surface area contributed by atoms with Gasteiger partial charge in [-0.15, -0.1) is 0 Å². The van der Waals surface area contributed by atoms with Crippen LogP contribution in [0.5, 0.6) is 0 Å². The molecule has 2 aliphatic rings. The van der Waals surface area contributed by atoms with Gasteiger partial charge < -0.3 is 5.73 Å². The van der Waals surface area contributed by atoms with Crippen molar-refractivity contribution >= 4 is 11.7 Å². The quantitative estimate of drug-likeness (QED) is 0.648. The number of rotatable bonds is 7. The van der Waals surface area contributed by atoms with Gasteiger partial charge in [-0.25, -0.2) is 0 Å². The van der Waals surface area contributed by atoms with E-state index in [9.17, 15) is 9.59 Å². The first kappa shape index (κ1) is 21.8. The van der Waals surface area contributed by atoms with E-state index in [1.165, 1.54) is 24.8 Å². The maximum Gasteiger partial charge on any atom is 0.221 e. The van der Waals surface area contributed by atoms with Crippen molar-refractivity contribution in [1.82, 2.24) is 4.90 Å². The summed E-state index contributed by atoms with van der Waals surface area (Å²) < 4.78 is 0. The highest BCUT2D eigenvalue weighted by Crippen LogP contribution is 2.47. The third-order valence-electron chi connectivity index (χ3n) is 7.57. The number of ketones is 1. The maximum atomic E-state index is 12.8. The van der Waals surface area contributed by atoms with Gasteiger partial charge in [-0.1, -0.05) is 67.1 Å². The Kier molecular flexibility index (Phi) is 6.86. The van der Waals surface area contributed by atoms with Crippen molar-refractivity contribution in [3.63, 3.8) is 0 Å². The predicted octanol–water partition coefficient (Wildman–Crippen LogP) is 4.93. The van der Waals surface area contributed by atoms with Crippen molar-refractivity contribution in [3.8, 4) is 0 Å². The molecule has 1 aliphatic heterocycles. The van der Waals surface area contributed by atoms with E-state index in [1.54, 1.807) is 0 Å². The SMILES string of the molecule is NC(=O)C(CC(=O)c1ccccc1)C1CCC(c2ccccc2)(N2CCCCC2)CC1. The Morgan fingerprint density at radius 3 is 2.06 bits per heavy atom. The van der Waals surface area contributed by atoms with Crippen LogP contribution in [0.3, 0.4) is 0 Å². The third-order valence-corrected chi connectivity index (χ3v) is 7.57. The highest BCUT2D eigenvalue weighted by molar-refractivity contribution is 5.98. The maximum absolute atomic E-state index is 12.8. The number of hydrogen-bond donors (Lipinski definition) is 1. The molecule has 1 unspecified atom stereocenters. The van der Waals surface area contributed by atoms with Crippen LogP contribution in [0.2, 0.25) is 0 Å². The molecular weight excluding hydrogens is 384 g/mol. The molecule has 2 N–H and O–H groups in total. The Morgan fingerprint density at radius 1 is 0.903 bits per heavy atom. The monoisotopic (exact) mass is 418 g/mol. The van der Waals surface area contributed by atoms with Crippen molar-refractivity contribution in [2.75, 3.05) is 13.1 Å². The average Bonchev–Trinajstić information content (AvgIpc) is 2.84. The lowest BCUT2D eigenvalue weighted by Crippen LogP contribution is -2.51. The smallest absolute Gasteiger partial charge is 0.221 e. The molecule has 2 aromatic carbocycles. The molecule has 0 spiro atoms. The number of carbonyl (C=O) groups excluding carboxylic acids is 2. The van der Waals surface area contributed by atoms with E-state index in [0.717, 1.165) is 38.8 Å². The van der Waals surface area contributed by atoms with Crippen molar-refractivity contribution in [1.29, 1.82) is 0 Å². The van der Waals surface area contributed by atoms with E-state index < -0.39 is 0 Å². The fraction of sp³-hybridized carbons (Fsp3) is 0.481. The number of primary amides is 1. The van der Waals surface area contributed by atoms with Crippen LogP contribution in [-0.2, 0) is 10.3 Å². The molecule has 0 aromatic heterocycles. The zero-order valence-corrected chi connectivity index (χ0v) is 18.3. The molecule has 4 rings (SSSR count). The van der Waals surface area contributed by atoms with Gasteiger partial charge in [-0.2, -0.15) is 0 Å². The summed E-state index contributed by atoms with van der Waals surface area (Å²) in [6, 6.07) is 20.1. The molecule has 1 amide bonds. The number of likely N-dealkylation sites (tertiary alicyclic amines) is 1. The number of amides is 1. The molecule has 4 heteroatoms. The van der Waals surface area contributed by atoms with Crippen LogP contribution in [0.25, 0.3) is 0 Å². The third kappa shape index (κ3) is 4.74. The van der Waals surface area contributed by atoms with Crippen molar-refractivity contribution in [2.45, 2.75) is 56.9 Å². The summed E-state index contributed by atoms with van der Waals surface area (Å²) in [5, 5.41) is 0. The van der Waals surface area contributed by atoms with E-state index in [0.29, 0.717) is 5.56 Å². The van der Waals surface area contributed by atoms with Gasteiger partial charge in [0, 0.05) is 23.4 Å².